The van der Waals surface area contributed by atoms with E-state index in [-0.39, 0.29) is 10.8 Å². The molecule has 0 aliphatic carbocycles. The van der Waals surface area contributed by atoms with E-state index in [1.807, 2.05) is 19.1 Å². The number of piperidine rings is 1. The van der Waals surface area contributed by atoms with Crippen LogP contribution in [0, 0.1) is 11.8 Å². The first-order chi connectivity index (χ1) is 18.3. The fourth-order valence-corrected chi connectivity index (χ4v) is 6.36. The molecule has 3 aromatic rings. The molecular formula is C29H39N5O3S. The van der Waals surface area contributed by atoms with Gasteiger partial charge in [-0.3, -0.25) is 9.78 Å². The number of nitrogens with zero attached hydrogens (tertiary/aromatic N) is 3. The zero-order valence-corrected chi connectivity index (χ0v) is 23.4. The lowest BCUT2D eigenvalue weighted by atomic mass is 9.92. The highest BCUT2D eigenvalue weighted by molar-refractivity contribution is 7.89. The highest BCUT2D eigenvalue weighted by Gasteiger charge is 2.22. The number of hydrogen-bond donors (Lipinski definition) is 2. The molecule has 38 heavy (non-hydrogen) atoms. The van der Waals surface area contributed by atoms with Crippen LogP contribution in [0.1, 0.15) is 56.8 Å². The highest BCUT2D eigenvalue weighted by Crippen LogP contribution is 2.27. The van der Waals surface area contributed by atoms with Crippen molar-refractivity contribution in [2.24, 2.45) is 11.8 Å². The average Bonchev–Trinajstić information content (AvgIpc) is 2.90. The maximum Gasteiger partial charge on any atom is 0.252 e. The molecule has 1 aliphatic heterocycles. The number of nitrogens with one attached hydrogen (secondary N) is 2. The summed E-state index contributed by atoms with van der Waals surface area (Å²) in [6.07, 6.45) is 7.16. The van der Waals surface area contributed by atoms with Crippen LogP contribution in [0.5, 0.6) is 0 Å². The van der Waals surface area contributed by atoms with Gasteiger partial charge >= 0.3 is 0 Å². The van der Waals surface area contributed by atoms with Crippen LogP contribution >= 0.6 is 0 Å². The number of amides is 1. The first kappa shape index (κ1) is 28.1. The summed E-state index contributed by atoms with van der Waals surface area (Å²) in [5.41, 5.74) is 2.36. The average molecular weight is 538 g/mol. The van der Waals surface area contributed by atoms with Crippen molar-refractivity contribution in [2.45, 2.75) is 51.3 Å². The van der Waals surface area contributed by atoms with Gasteiger partial charge in [0.15, 0.2) is 0 Å². The third-order valence-electron chi connectivity index (χ3n) is 7.00. The molecular weight excluding hydrogens is 498 g/mol. The minimum absolute atomic E-state index is 0.124. The predicted molar refractivity (Wildman–Crippen MR) is 151 cm³/mol. The number of pyridine rings is 2. The van der Waals surface area contributed by atoms with E-state index in [0.717, 1.165) is 44.5 Å². The number of likely N-dealkylation sites (tertiary alicyclic amines) is 1. The molecule has 0 unspecified atom stereocenters. The van der Waals surface area contributed by atoms with Crippen molar-refractivity contribution in [3.8, 4) is 11.3 Å². The summed E-state index contributed by atoms with van der Waals surface area (Å²) in [7, 11) is -3.70. The maximum atomic E-state index is 13.4. The molecule has 0 radical (unpaired) electrons. The van der Waals surface area contributed by atoms with Gasteiger partial charge in [0, 0.05) is 49.5 Å². The molecule has 4 rings (SSSR count). The summed E-state index contributed by atoms with van der Waals surface area (Å²) in [5, 5.41) is 3.56. The quantitative estimate of drug-likeness (QED) is 0.350. The minimum atomic E-state index is -3.70. The van der Waals surface area contributed by atoms with Crippen LogP contribution < -0.4 is 10.0 Å². The van der Waals surface area contributed by atoms with Crippen LogP contribution in [-0.2, 0) is 10.0 Å². The number of fused-ring (bicyclic) bond motifs is 1. The van der Waals surface area contributed by atoms with E-state index in [1.165, 1.54) is 6.42 Å². The third kappa shape index (κ3) is 7.15. The highest BCUT2D eigenvalue weighted by atomic mass is 32.2. The molecule has 2 N–H and O–H groups in total. The van der Waals surface area contributed by atoms with E-state index in [4.69, 9.17) is 4.98 Å². The van der Waals surface area contributed by atoms with E-state index in [0.29, 0.717) is 47.1 Å². The summed E-state index contributed by atoms with van der Waals surface area (Å²) in [4.78, 5) is 24.9. The van der Waals surface area contributed by atoms with Crippen LogP contribution in [0.3, 0.4) is 0 Å². The molecule has 0 saturated carbocycles. The van der Waals surface area contributed by atoms with E-state index in [1.54, 1.807) is 36.7 Å². The van der Waals surface area contributed by atoms with Crippen LogP contribution in [0.4, 0.5) is 0 Å². The molecule has 8 nitrogen and oxygen atoms in total. The molecule has 0 bridgehead atoms. The Hall–Kier alpha value is -2.88. The summed E-state index contributed by atoms with van der Waals surface area (Å²) in [6, 6.07) is 10.2. The van der Waals surface area contributed by atoms with Gasteiger partial charge in [-0.1, -0.05) is 27.2 Å². The lowest BCUT2D eigenvalue weighted by Crippen LogP contribution is -2.40. The molecule has 1 saturated heterocycles. The van der Waals surface area contributed by atoms with Gasteiger partial charge in [-0.2, -0.15) is 0 Å². The molecule has 0 spiro atoms. The third-order valence-corrected chi connectivity index (χ3v) is 8.45. The number of unbranched alkanes of at least 4 members (excludes halogenated alkanes) is 1. The lowest BCUT2D eigenvalue weighted by molar-refractivity contribution is 0.0949. The molecule has 1 amide bonds. The Labute approximate surface area is 226 Å². The fraction of sp³-hybridized carbons (Fsp3) is 0.483. The largest absolute Gasteiger partial charge is 0.352 e. The molecule has 2 atom stereocenters. The Bertz CT molecular complexity index is 1340. The van der Waals surface area contributed by atoms with Gasteiger partial charge in [0.2, 0.25) is 10.0 Å². The summed E-state index contributed by atoms with van der Waals surface area (Å²) < 4.78 is 28.4. The van der Waals surface area contributed by atoms with Gasteiger partial charge in [-0.05, 0) is 74.0 Å². The van der Waals surface area contributed by atoms with Gasteiger partial charge in [0.1, 0.15) is 0 Å². The predicted octanol–water partition coefficient (Wildman–Crippen LogP) is 4.47. The maximum absolute atomic E-state index is 13.4. The van der Waals surface area contributed by atoms with Crippen LogP contribution in [0.15, 0.2) is 53.7 Å². The number of carbonyl (C=O) groups is 1. The van der Waals surface area contributed by atoms with E-state index in [2.05, 4.69) is 33.8 Å². The molecule has 3 heterocycles. The molecule has 9 heteroatoms. The monoisotopic (exact) mass is 537 g/mol. The van der Waals surface area contributed by atoms with E-state index >= 15 is 0 Å². The van der Waals surface area contributed by atoms with Crippen molar-refractivity contribution in [3.63, 3.8) is 0 Å². The topological polar surface area (TPSA) is 104 Å². The van der Waals surface area contributed by atoms with Crippen molar-refractivity contribution < 1.29 is 13.2 Å². The van der Waals surface area contributed by atoms with Crippen LogP contribution in [0.2, 0.25) is 0 Å². The molecule has 204 valence electrons. The second-order valence-electron chi connectivity index (χ2n) is 10.5. The van der Waals surface area contributed by atoms with Gasteiger partial charge in [0.05, 0.1) is 21.7 Å². The Kier molecular flexibility index (Phi) is 9.46. The minimum Gasteiger partial charge on any atom is -0.352 e. The number of carbonyl (C=O) groups excluding carboxylic acids is 1. The summed E-state index contributed by atoms with van der Waals surface area (Å²) in [5.74, 6) is 1.16. The normalized spacial score (nSPS) is 18.5. The number of hydrogen-bond acceptors (Lipinski definition) is 6. The van der Waals surface area contributed by atoms with Crippen molar-refractivity contribution in [1.82, 2.24) is 24.9 Å². The van der Waals surface area contributed by atoms with Gasteiger partial charge < -0.3 is 10.2 Å². The second kappa shape index (κ2) is 12.8. The van der Waals surface area contributed by atoms with Crippen molar-refractivity contribution in [1.29, 1.82) is 0 Å². The summed E-state index contributed by atoms with van der Waals surface area (Å²) in [6.45, 7) is 10.7. The Balaban J connectivity index is 1.57. The Morgan fingerprint density at radius 3 is 2.58 bits per heavy atom. The smallest absolute Gasteiger partial charge is 0.252 e. The van der Waals surface area contributed by atoms with Crippen molar-refractivity contribution >= 4 is 26.8 Å². The SMILES string of the molecule is CCCCNS(=O)(=O)c1ccc2nc(-c3cccnc3)cc(C(=O)NCCCN3C[C@H](C)C[C@H](C)C3)c2c1. The van der Waals surface area contributed by atoms with E-state index in [9.17, 15) is 13.2 Å². The Morgan fingerprint density at radius 2 is 1.87 bits per heavy atom. The van der Waals surface area contributed by atoms with Gasteiger partial charge in [-0.25, -0.2) is 18.1 Å². The first-order valence-corrected chi connectivity index (χ1v) is 15.1. The summed E-state index contributed by atoms with van der Waals surface area (Å²) >= 11 is 0. The molecule has 1 aliphatic rings. The second-order valence-corrected chi connectivity index (χ2v) is 12.3. The number of benzene rings is 1. The molecule has 1 aromatic carbocycles. The van der Waals surface area contributed by atoms with Crippen LogP contribution in [0.25, 0.3) is 22.2 Å². The van der Waals surface area contributed by atoms with Crippen molar-refractivity contribution in [2.75, 3.05) is 32.7 Å². The molecule has 1 fully saturated rings. The zero-order valence-electron chi connectivity index (χ0n) is 22.6. The first-order valence-electron chi connectivity index (χ1n) is 13.6. The van der Waals surface area contributed by atoms with Gasteiger partial charge in [-0.15, -0.1) is 0 Å². The Morgan fingerprint density at radius 1 is 1.08 bits per heavy atom. The lowest BCUT2D eigenvalue weighted by Gasteiger charge is -2.34. The number of rotatable bonds is 11. The number of sulfonamides is 1. The number of aromatic nitrogens is 2. The zero-order chi connectivity index (χ0) is 27.1. The molecule has 2 aromatic heterocycles. The van der Waals surface area contributed by atoms with Crippen LogP contribution in [-0.4, -0.2) is 61.9 Å². The fourth-order valence-electron chi connectivity index (χ4n) is 5.26. The van der Waals surface area contributed by atoms with Gasteiger partial charge in [0.25, 0.3) is 5.91 Å². The standard InChI is InChI=1S/C29H39N5O3S/c1-4-5-13-32-38(36,37)24-9-10-27-25(16-24)26(17-28(33-27)23-8-6-11-30-18-23)29(35)31-12-7-14-34-19-21(2)15-22(3)20-34/h6,8-11,16-18,21-22,32H,4-5,7,12-15,19-20H2,1-3H3,(H,31,35)/t21-,22+. The van der Waals surface area contributed by atoms with Crippen molar-refractivity contribution in [3.05, 3.63) is 54.4 Å². The van der Waals surface area contributed by atoms with E-state index < -0.39 is 10.0 Å².